The first-order valence-electron chi connectivity index (χ1n) is 5.52. The molecule has 0 aliphatic carbocycles. The second-order valence-corrected chi connectivity index (χ2v) is 4.88. The molecule has 1 amide bonds. The number of nitrogens with two attached hydrogens (primary N) is 1. The molecule has 1 aliphatic rings. The largest absolute Gasteiger partial charge is 0.396 e. The minimum atomic E-state index is -0.138. The highest BCUT2D eigenvalue weighted by atomic mass is 79.9. The molecule has 0 radical (unpaired) electrons. The first kappa shape index (κ1) is 12.2. The lowest BCUT2D eigenvalue weighted by Crippen LogP contribution is -2.42. The summed E-state index contributed by atoms with van der Waals surface area (Å²) in [5.74, 6) is 0.0330. The maximum absolute atomic E-state index is 11.8. The van der Waals surface area contributed by atoms with Gasteiger partial charge in [0.2, 0.25) is 5.91 Å². The molecule has 0 bridgehead atoms. The number of nitrogen functional groups attached to an aromatic ring is 1. The number of nitrogens with one attached hydrogen (secondary N) is 1. The fourth-order valence-electron chi connectivity index (χ4n) is 2.22. The molecule has 92 valence electrons. The second kappa shape index (κ2) is 4.91. The molecular formula is C11H15BrN4O. The van der Waals surface area contributed by atoms with Crippen molar-refractivity contribution in [2.45, 2.75) is 18.9 Å². The van der Waals surface area contributed by atoms with Crippen molar-refractivity contribution < 1.29 is 4.79 Å². The van der Waals surface area contributed by atoms with Crippen molar-refractivity contribution in [2.75, 3.05) is 24.2 Å². The molecule has 0 aromatic carbocycles. The molecule has 1 unspecified atom stereocenters. The van der Waals surface area contributed by atoms with E-state index in [4.69, 9.17) is 5.73 Å². The van der Waals surface area contributed by atoms with E-state index in [1.54, 1.807) is 19.4 Å². The van der Waals surface area contributed by atoms with Crippen LogP contribution < -0.4 is 16.0 Å². The van der Waals surface area contributed by atoms with Gasteiger partial charge in [-0.2, -0.15) is 0 Å². The Bertz CT molecular complexity index is 417. The van der Waals surface area contributed by atoms with E-state index < -0.39 is 0 Å². The summed E-state index contributed by atoms with van der Waals surface area (Å²) in [7, 11) is 1.66. The van der Waals surface area contributed by atoms with Crippen LogP contribution in [0.2, 0.25) is 0 Å². The number of halogens is 1. The quantitative estimate of drug-likeness (QED) is 0.859. The zero-order valence-electron chi connectivity index (χ0n) is 9.61. The number of carbonyl (C=O) groups is 1. The summed E-state index contributed by atoms with van der Waals surface area (Å²) in [6.07, 6.45) is 5.16. The van der Waals surface area contributed by atoms with Crippen LogP contribution in [-0.2, 0) is 4.79 Å². The van der Waals surface area contributed by atoms with Gasteiger partial charge in [0.1, 0.15) is 6.04 Å². The fourth-order valence-corrected chi connectivity index (χ4v) is 2.79. The summed E-state index contributed by atoms with van der Waals surface area (Å²) in [5.41, 5.74) is 7.40. The lowest BCUT2D eigenvalue weighted by Gasteiger charge is -2.27. The number of carbonyl (C=O) groups excluding carboxylic acids is 1. The van der Waals surface area contributed by atoms with Crippen LogP contribution in [-0.4, -0.2) is 30.5 Å². The van der Waals surface area contributed by atoms with E-state index >= 15 is 0 Å². The fraction of sp³-hybridized carbons (Fsp3) is 0.455. The molecule has 1 aromatic rings. The molecule has 1 aromatic heterocycles. The van der Waals surface area contributed by atoms with E-state index in [0.717, 1.165) is 29.5 Å². The van der Waals surface area contributed by atoms with E-state index in [0.29, 0.717) is 5.69 Å². The lowest BCUT2D eigenvalue weighted by atomic mass is 10.2. The average molecular weight is 299 g/mol. The third-order valence-electron chi connectivity index (χ3n) is 2.99. The van der Waals surface area contributed by atoms with Crippen LogP contribution in [0.25, 0.3) is 0 Å². The molecule has 1 aliphatic heterocycles. The van der Waals surface area contributed by atoms with Crippen molar-refractivity contribution in [1.29, 1.82) is 0 Å². The molecule has 6 heteroatoms. The van der Waals surface area contributed by atoms with Gasteiger partial charge < -0.3 is 16.0 Å². The molecule has 2 rings (SSSR count). The smallest absolute Gasteiger partial charge is 0.242 e. The number of pyridine rings is 1. The predicted octanol–water partition coefficient (Wildman–Crippen LogP) is 1.14. The van der Waals surface area contributed by atoms with Crippen LogP contribution in [0.1, 0.15) is 12.8 Å². The van der Waals surface area contributed by atoms with Gasteiger partial charge in [-0.3, -0.25) is 9.78 Å². The van der Waals surface area contributed by atoms with Crippen LogP contribution >= 0.6 is 15.9 Å². The third kappa shape index (κ3) is 2.22. The van der Waals surface area contributed by atoms with Crippen molar-refractivity contribution in [1.82, 2.24) is 10.3 Å². The number of aromatic nitrogens is 1. The Morgan fingerprint density at radius 3 is 3.06 bits per heavy atom. The van der Waals surface area contributed by atoms with E-state index in [1.807, 2.05) is 4.90 Å². The SMILES string of the molecule is CNC(=O)C1CCCN1c1c(N)cncc1Br. The van der Waals surface area contributed by atoms with Gasteiger partial charge in [0, 0.05) is 19.8 Å². The Hall–Kier alpha value is -1.30. The number of hydrogen-bond acceptors (Lipinski definition) is 4. The van der Waals surface area contributed by atoms with Crippen molar-refractivity contribution in [2.24, 2.45) is 0 Å². The molecule has 5 nitrogen and oxygen atoms in total. The zero-order chi connectivity index (χ0) is 12.4. The van der Waals surface area contributed by atoms with Crippen molar-refractivity contribution >= 4 is 33.2 Å². The monoisotopic (exact) mass is 298 g/mol. The summed E-state index contributed by atoms with van der Waals surface area (Å²) >= 11 is 3.44. The zero-order valence-corrected chi connectivity index (χ0v) is 11.2. The normalized spacial score (nSPS) is 19.4. The number of nitrogens with zero attached hydrogens (tertiary/aromatic N) is 2. The molecule has 0 spiro atoms. The van der Waals surface area contributed by atoms with Crippen molar-refractivity contribution in [3.05, 3.63) is 16.9 Å². The Morgan fingerprint density at radius 1 is 1.65 bits per heavy atom. The maximum Gasteiger partial charge on any atom is 0.242 e. The molecule has 1 atom stereocenters. The topological polar surface area (TPSA) is 71.2 Å². The van der Waals surface area contributed by atoms with E-state index in [-0.39, 0.29) is 11.9 Å². The van der Waals surface area contributed by atoms with Crippen LogP contribution in [0.4, 0.5) is 11.4 Å². The van der Waals surface area contributed by atoms with E-state index in [9.17, 15) is 4.79 Å². The Kier molecular flexibility index (Phi) is 3.51. The van der Waals surface area contributed by atoms with Gasteiger partial charge in [-0.15, -0.1) is 0 Å². The number of hydrogen-bond donors (Lipinski definition) is 2. The summed E-state index contributed by atoms with van der Waals surface area (Å²) in [6.45, 7) is 0.838. The van der Waals surface area contributed by atoms with Crippen LogP contribution in [0.15, 0.2) is 16.9 Å². The maximum atomic E-state index is 11.8. The van der Waals surface area contributed by atoms with Gasteiger partial charge >= 0.3 is 0 Å². The second-order valence-electron chi connectivity index (χ2n) is 4.02. The number of likely N-dealkylation sites (N-methyl/N-ethyl adjacent to an activating group) is 1. The summed E-state index contributed by atoms with van der Waals surface area (Å²) in [4.78, 5) is 17.8. The Morgan fingerprint density at radius 2 is 2.41 bits per heavy atom. The number of anilines is 2. The molecule has 17 heavy (non-hydrogen) atoms. The standard InChI is InChI=1S/C11H15BrN4O/c1-14-11(17)9-3-2-4-16(9)10-7(12)5-15-6-8(10)13/h5-6,9H,2-4,13H2,1H3,(H,14,17). The Balaban J connectivity index is 2.36. The summed E-state index contributed by atoms with van der Waals surface area (Å²) < 4.78 is 0.827. The predicted molar refractivity (Wildman–Crippen MR) is 70.8 cm³/mol. The highest BCUT2D eigenvalue weighted by Crippen LogP contribution is 2.35. The molecular weight excluding hydrogens is 284 g/mol. The minimum Gasteiger partial charge on any atom is -0.396 e. The molecule has 0 saturated carbocycles. The molecule has 3 N–H and O–H groups in total. The summed E-state index contributed by atoms with van der Waals surface area (Å²) in [6, 6.07) is -0.138. The van der Waals surface area contributed by atoms with E-state index in [1.165, 1.54) is 0 Å². The third-order valence-corrected chi connectivity index (χ3v) is 3.57. The minimum absolute atomic E-state index is 0.0330. The lowest BCUT2D eigenvalue weighted by molar-refractivity contribution is -0.121. The Labute approximate surface area is 109 Å². The van der Waals surface area contributed by atoms with Crippen LogP contribution in [0.3, 0.4) is 0 Å². The van der Waals surface area contributed by atoms with Gasteiger partial charge in [-0.05, 0) is 28.8 Å². The van der Waals surface area contributed by atoms with Crippen molar-refractivity contribution in [3.8, 4) is 0 Å². The van der Waals surface area contributed by atoms with Crippen LogP contribution in [0.5, 0.6) is 0 Å². The highest BCUT2D eigenvalue weighted by Gasteiger charge is 2.32. The summed E-state index contributed by atoms with van der Waals surface area (Å²) in [5, 5.41) is 2.69. The van der Waals surface area contributed by atoms with Gasteiger partial charge in [-0.1, -0.05) is 0 Å². The van der Waals surface area contributed by atoms with Crippen LogP contribution in [0, 0.1) is 0 Å². The van der Waals surface area contributed by atoms with Gasteiger partial charge in [0.25, 0.3) is 0 Å². The van der Waals surface area contributed by atoms with Crippen molar-refractivity contribution in [3.63, 3.8) is 0 Å². The van der Waals surface area contributed by atoms with Gasteiger partial charge in [0.05, 0.1) is 22.0 Å². The molecule has 1 fully saturated rings. The molecule has 2 heterocycles. The van der Waals surface area contributed by atoms with Gasteiger partial charge in [0.15, 0.2) is 0 Å². The highest BCUT2D eigenvalue weighted by molar-refractivity contribution is 9.10. The number of amides is 1. The first-order valence-corrected chi connectivity index (χ1v) is 6.31. The number of rotatable bonds is 2. The first-order chi connectivity index (χ1) is 8.15. The molecule has 1 saturated heterocycles. The average Bonchev–Trinajstić information content (AvgIpc) is 2.77. The van der Waals surface area contributed by atoms with Gasteiger partial charge in [-0.25, -0.2) is 0 Å². The van der Waals surface area contributed by atoms with E-state index in [2.05, 4.69) is 26.2 Å².